The van der Waals surface area contributed by atoms with E-state index >= 15 is 0 Å². The molecule has 0 aliphatic rings. The molecule has 0 aliphatic heterocycles. The molecule has 0 aliphatic carbocycles. The molecule has 0 radical (unpaired) electrons. The molecule has 0 bridgehead atoms. The monoisotopic (exact) mass is 344 g/mol. The zero-order chi connectivity index (χ0) is 15.9. The lowest BCUT2D eigenvalue weighted by Crippen LogP contribution is -2.10. The number of fused-ring (bicyclic) bond motifs is 1. The molecule has 1 aromatic heterocycles. The number of hydrogen-bond donors (Lipinski definition) is 0. The van der Waals surface area contributed by atoms with Crippen LogP contribution in [0.25, 0.3) is 10.9 Å². The van der Waals surface area contributed by atoms with E-state index in [4.69, 9.17) is 23.2 Å². The molecule has 0 fully saturated rings. The lowest BCUT2D eigenvalue weighted by atomic mass is 10.1. The highest BCUT2D eigenvalue weighted by molar-refractivity contribution is 6.36. The van der Waals surface area contributed by atoms with Gasteiger partial charge in [-0.2, -0.15) is 18.3 Å². The van der Waals surface area contributed by atoms with Crippen LogP contribution in [0.5, 0.6) is 0 Å². The molecule has 7 heteroatoms. The van der Waals surface area contributed by atoms with Gasteiger partial charge in [0.25, 0.3) is 0 Å². The van der Waals surface area contributed by atoms with Gasteiger partial charge in [0.2, 0.25) is 0 Å². The lowest BCUT2D eigenvalue weighted by molar-refractivity contribution is -0.137. The second kappa shape index (κ2) is 5.48. The van der Waals surface area contributed by atoms with E-state index in [0.29, 0.717) is 0 Å². The molecule has 0 spiro atoms. The van der Waals surface area contributed by atoms with Gasteiger partial charge in [-0.25, -0.2) is 0 Å². The highest BCUT2D eigenvalue weighted by Gasteiger charge is 2.34. The van der Waals surface area contributed by atoms with Crippen molar-refractivity contribution in [1.82, 2.24) is 9.78 Å². The number of rotatable bonds is 2. The van der Waals surface area contributed by atoms with Crippen LogP contribution in [0.4, 0.5) is 13.2 Å². The molecular weight excluding hydrogens is 336 g/mol. The molecule has 1 heterocycles. The minimum absolute atomic E-state index is 0.0646. The number of halogens is 5. The summed E-state index contributed by atoms with van der Waals surface area (Å²) in [5.74, 6) is 0. The Balaban J connectivity index is 2.09. The smallest absolute Gasteiger partial charge is 0.260 e. The number of para-hydroxylation sites is 1. The molecule has 2 aromatic carbocycles. The Labute approximate surface area is 134 Å². The maximum absolute atomic E-state index is 12.9. The number of alkyl halides is 3. The highest BCUT2D eigenvalue weighted by Crippen LogP contribution is 2.39. The van der Waals surface area contributed by atoms with E-state index in [1.54, 1.807) is 10.9 Å². The topological polar surface area (TPSA) is 17.8 Å². The average Bonchev–Trinajstić information content (AvgIpc) is 2.85. The molecule has 0 N–H and O–H groups in total. The van der Waals surface area contributed by atoms with Crippen molar-refractivity contribution in [2.24, 2.45) is 0 Å². The van der Waals surface area contributed by atoms with Gasteiger partial charge in [-0.1, -0.05) is 41.4 Å². The number of benzene rings is 2. The molecule has 3 aromatic rings. The van der Waals surface area contributed by atoms with Gasteiger partial charge in [-0.15, -0.1) is 0 Å². The van der Waals surface area contributed by atoms with Gasteiger partial charge in [0.1, 0.15) is 0 Å². The van der Waals surface area contributed by atoms with Gasteiger partial charge >= 0.3 is 6.18 Å². The SMILES string of the molecule is FC(F)(F)c1ccc(Cl)c(Cn2ncc3ccccc32)c1Cl. The minimum atomic E-state index is -4.53. The van der Waals surface area contributed by atoms with Crippen LogP contribution >= 0.6 is 23.2 Å². The Bertz CT molecular complexity index is 840. The van der Waals surface area contributed by atoms with Crippen molar-refractivity contribution in [1.29, 1.82) is 0 Å². The van der Waals surface area contributed by atoms with E-state index in [2.05, 4.69) is 5.10 Å². The predicted octanol–water partition coefficient (Wildman–Crippen LogP) is 5.41. The Morgan fingerprint density at radius 3 is 2.50 bits per heavy atom. The molecule has 0 atom stereocenters. The predicted molar refractivity (Wildman–Crippen MR) is 80.3 cm³/mol. The Hall–Kier alpha value is -1.72. The first-order valence-corrected chi connectivity index (χ1v) is 7.08. The normalized spacial score (nSPS) is 12.0. The van der Waals surface area contributed by atoms with Crippen LogP contribution in [0.2, 0.25) is 10.0 Å². The van der Waals surface area contributed by atoms with E-state index < -0.39 is 11.7 Å². The maximum Gasteiger partial charge on any atom is 0.417 e. The van der Waals surface area contributed by atoms with Crippen LogP contribution in [-0.4, -0.2) is 9.78 Å². The summed E-state index contributed by atoms with van der Waals surface area (Å²) >= 11 is 11.9. The summed E-state index contributed by atoms with van der Waals surface area (Å²) < 4.78 is 40.4. The largest absolute Gasteiger partial charge is 0.417 e. The van der Waals surface area contributed by atoms with Gasteiger partial charge in [0.15, 0.2) is 0 Å². The third-order valence-electron chi connectivity index (χ3n) is 3.35. The molecular formula is C15H9Cl2F3N2. The fourth-order valence-corrected chi connectivity index (χ4v) is 2.86. The van der Waals surface area contributed by atoms with Crippen molar-refractivity contribution in [3.63, 3.8) is 0 Å². The molecule has 0 saturated heterocycles. The second-order valence-corrected chi connectivity index (χ2v) is 5.53. The first-order chi connectivity index (χ1) is 10.4. The highest BCUT2D eigenvalue weighted by atomic mass is 35.5. The summed E-state index contributed by atoms with van der Waals surface area (Å²) in [7, 11) is 0. The molecule has 0 saturated carbocycles. The molecule has 3 rings (SSSR count). The zero-order valence-corrected chi connectivity index (χ0v) is 12.5. The van der Waals surface area contributed by atoms with Crippen LogP contribution in [0, 0.1) is 0 Å². The van der Waals surface area contributed by atoms with Gasteiger partial charge in [0.05, 0.1) is 28.8 Å². The average molecular weight is 345 g/mol. The molecule has 0 unspecified atom stereocenters. The van der Waals surface area contributed by atoms with Gasteiger partial charge in [0, 0.05) is 16.0 Å². The van der Waals surface area contributed by atoms with E-state index in [1.807, 2.05) is 24.3 Å². The number of nitrogens with zero attached hydrogens (tertiary/aromatic N) is 2. The Kier molecular flexibility index (Phi) is 3.78. The molecule has 0 amide bonds. The summed E-state index contributed by atoms with van der Waals surface area (Å²) in [5.41, 5.74) is 0.101. The van der Waals surface area contributed by atoms with Crippen LogP contribution in [-0.2, 0) is 12.7 Å². The van der Waals surface area contributed by atoms with Gasteiger partial charge in [-0.3, -0.25) is 4.68 Å². The first kappa shape index (κ1) is 15.2. The van der Waals surface area contributed by atoms with Crippen molar-refractivity contribution in [3.05, 3.63) is 63.8 Å². The first-order valence-electron chi connectivity index (χ1n) is 6.32. The van der Waals surface area contributed by atoms with Crippen LogP contribution in [0.1, 0.15) is 11.1 Å². The van der Waals surface area contributed by atoms with Crippen molar-refractivity contribution in [3.8, 4) is 0 Å². The van der Waals surface area contributed by atoms with Crippen LogP contribution in [0.3, 0.4) is 0 Å². The Morgan fingerprint density at radius 1 is 1.05 bits per heavy atom. The number of hydrogen-bond acceptors (Lipinski definition) is 1. The molecule has 22 heavy (non-hydrogen) atoms. The van der Waals surface area contributed by atoms with E-state index in [9.17, 15) is 13.2 Å². The van der Waals surface area contributed by atoms with Crippen molar-refractivity contribution >= 4 is 34.1 Å². The second-order valence-electron chi connectivity index (χ2n) is 4.75. The van der Waals surface area contributed by atoms with Crippen LogP contribution in [0.15, 0.2) is 42.6 Å². The minimum Gasteiger partial charge on any atom is -0.260 e. The fraction of sp³-hybridized carbons (Fsp3) is 0.133. The van der Waals surface area contributed by atoms with E-state index in [-0.39, 0.29) is 22.2 Å². The Morgan fingerprint density at radius 2 is 1.77 bits per heavy atom. The van der Waals surface area contributed by atoms with Crippen molar-refractivity contribution < 1.29 is 13.2 Å². The zero-order valence-electron chi connectivity index (χ0n) is 11.0. The maximum atomic E-state index is 12.9. The number of aromatic nitrogens is 2. The molecule has 2 nitrogen and oxygen atoms in total. The fourth-order valence-electron chi connectivity index (χ4n) is 2.26. The third-order valence-corrected chi connectivity index (χ3v) is 4.14. The lowest BCUT2D eigenvalue weighted by Gasteiger charge is -2.14. The van der Waals surface area contributed by atoms with E-state index in [1.165, 1.54) is 6.07 Å². The summed E-state index contributed by atoms with van der Waals surface area (Å²) in [4.78, 5) is 0. The summed E-state index contributed by atoms with van der Waals surface area (Å²) in [6.45, 7) is 0.0646. The third kappa shape index (κ3) is 2.66. The van der Waals surface area contributed by atoms with Crippen molar-refractivity contribution in [2.75, 3.05) is 0 Å². The summed E-state index contributed by atoms with van der Waals surface area (Å²) in [6, 6.07) is 9.48. The quantitative estimate of drug-likeness (QED) is 0.607. The van der Waals surface area contributed by atoms with Crippen molar-refractivity contribution in [2.45, 2.75) is 12.7 Å². The van der Waals surface area contributed by atoms with Crippen LogP contribution < -0.4 is 0 Å². The standard InChI is InChI=1S/C15H9Cl2F3N2/c16-12-6-5-11(15(18,19)20)14(17)10(12)8-22-13-4-2-1-3-9(13)7-21-22/h1-7H,8H2. The van der Waals surface area contributed by atoms with Gasteiger partial charge in [-0.05, 0) is 18.2 Å². The van der Waals surface area contributed by atoms with Gasteiger partial charge < -0.3 is 0 Å². The summed E-state index contributed by atoms with van der Waals surface area (Å²) in [6.07, 6.45) is -2.88. The molecule has 114 valence electrons. The summed E-state index contributed by atoms with van der Waals surface area (Å²) in [5, 5.41) is 4.86. The van der Waals surface area contributed by atoms with E-state index in [0.717, 1.165) is 17.0 Å².